The largest absolute Gasteiger partial charge is 0.357 e. The van der Waals surface area contributed by atoms with Crippen molar-refractivity contribution in [3.8, 4) is 6.07 Å². The molecule has 1 amide bonds. The van der Waals surface area contributed by atoms with Gasteiger partial charge in [0.05, 0.1) is 4.91 Å². The van der Waals surface area contributed by atoms with Gasteiger partial charge in [-0.15, -0.1) is 0 Å². The highest BCUT2D eigenvalue weighted by Crippen LogP contribution is 2.36. The zero-order valence-electron chi connectivity index (χ0n) is 21.4. The smallest absolute Gasteiger partial charge is 0.270 e. The van der Waals surface area contributed by atoms with E-state index in [0.29, 0.717) is 27.9 Å². The number of amides is 1. The van der Waals surface area contributed by atoms with Crippen LogP contribution < -0.4 is 10.5 Å². The Labute approximate surface area is 219 Å². The maximum atomic E-state index is 13.3. The average molecular weight is 515 g/mol. The third kappa shape index (κ3) is 6.37. The molecule has 0 aliphatic carbocycles. The van der Waals surface area contributed by atoms with Crippen LogP contribution in [-0.2, 0) is 11.3 Å². The summed E-state index contributed by atoms with van der Waals surface area (Å²) >= 11 is 6.90. The fourth-order valence-corrected chi connectivity index (χ4v) is 6.19. The number of thioether (sulfide) groups is 1. The molecule has 0 radical (unpaired) electrons. The van der Waals surface area contributed by atoms with Crippen LogP contribution in [0.5, 0.6) is 0 Å². The number of carbonyl (C=O) groups excluding carboxylic acids is 1. The fraction of sp³-hybridized carbons (Fsp3) is 0.630. The number of unbranched alkanes of at least 4 members (excludes halogenated alkanes) is 4. The minimum atomic E-state index is -0.233. The van der Waals surface area contributed by atoms with Crippen LogP contribution in [0.2, 0.25) is 0 Å². The van der Waals surface area contributed by atoms with Gasteiger partial charge in [-0.05, 0) is 44.2 Å². The van der Waals surface area contributed by atoms with Crippen molar-refractivity contribution in [1.82, 2.24) is 9.47 Å². The third-order valence-corrected chi connectivity index (χ3v) is 8.21. The lowest BCUT2D eigenvalue weighted by atomic mass is 10.0. The van der Waals surface area contributed by atoms with Crippen LogP contribution >= 0.6 is 24.0 Å². The first kappa shape index (κ1) is 27.5. The van der Waals surface area contributed by atoms with Gasteiger partial charge < -0.3 is 4.90 Å². The summed E-state index contributed by atoms with van der Waals surface area (Å²) in [5.74, 6) is 0.781. The molecule has 0 atom stereocenters. The Hall–Kier alpha value is -2.11. The molecule has 3 rings (SSSR count). The number of nitriles is 1. The molecule has 0 aromatic carbocycles. The molecule has 0 saturated carbocycles. The minimum absolute atomic E-state index is 0.0662. The SMILES string of the molecule is CCCCCCCN1C(=O)C(=Cc2c(C)c(C#N)c(=O)n(CCC)c2N2CCCCCC2)SC1=S. The molecule has 2 saturated heterocycles. The predicted molar refractivity (Wildman–Crippen MR) is 150 cm³/mol. The molecule has 2 aliphatic heterocycles. The van der Waals surface area contributed by atoms with Crippen molar-refractivity contribution in [1.29, 1.82) is 5.26 Å². The third-order valence-electron chi connectivity index (χ3n) is 6.83. The minimum Gasteiger partial charge on any atom is -0.357 e. The van der Waals surface area contributed by atoms with Gasteiger partial charge in [-0.3, -0.25) is 19.1 Å². The molecule has 0 bridgehead atoms. The Morgan fingerprint density at radius 1 is 1.00 bits per heavy atom. The van der Waals surface area contributed by atoms with E-state index in [-0.39, 0.29) is 17.0 Å². The first-order chi connectivity index (χ1) is 16.9. The predicted octanol–water partition coefficient (Wildman–Crippen LogP) is 5.99. The highest BCUT2D eigenvalue weighted by atomic mass is 32.2. The van der Waals surface area contributed by atoms with E-state index in [4.69, 9.17) is 12.2 Å². The summed E-state index contributed by atoms with van der Waals surface area (Å²) in [4.78, 5) is 31.2. The van der Waals surface area contributed by atoms with Crippen molar-refractivity contribution in [2.45, 2.75) is 91.5 Å². The van der Waals surface area contributed by atoms with Crippen molar-refractivity contribution < 1.29 is 4.79 Å². The molecule has 0 unspecified atom stereocenters. The van der Waals surface area contributed by atoms with Crippen molar-refractivity contribution in [3.63, 3.8) is 0 Å². The summed E-state index contributed by atoms with van der Waals surface area (Å²) in [6, 6.07) is 2.13. The van der Waals surface area contributed by atoms with E-state index < -0.39 is 0 Å². The van der Waals surface area contributed by atoms with Crippen LogP contribution in [0.1, 0.15) is 94.7 Å². The van der Waals surface area contributed by atoms with Crippen LogP contribution in [0.25, 0.3) is 6.08 Å². The molecule has 35 heavy (non-hydrogen) atoms. The van der Waals surface area contributed by atoms with E-state index in [1.165, 1.54) is 43.9 Å². The maximum Gasteiger partial charge on any atom is 0.270 e. The van der Waals surface area contributed by atoms with Crippen LogP contribution in [0.15, 0.2) is 9.70 Å². The first-order valence-electron chi connectivity index (χ1n) is 13.1. The van der Waals surface area contributed by atoms with Gasteiger partial charge in [-0.1, -0.05) is 76.4 Å². The maximum absolute atomic E-state index is 13.3. The fourth-order valence-electron chi connectivity index (χ4n) is 4.90. The Bertz CT molecular complexity index is 1060. The van der Waals surface area contributed by atoms with Gasteiger partial charge in [0.25, 0.3) is 11.5 Å². The number of nitrogens with zero attached hydrogens (tertiary/aromatic N) is 4. The van der Waals surface area contributed by atoms with Crippen molar-refractivity contribution in [3.05, 3.63) is 31.9 Å². The summed E-state index contributed by atoms with van der Waals surface area (Å²) in [7, 11) is 0. The zero-order chi connectivity index (χ0) is 25.4. The average Bonchev–Trinajstić information content (AvgIpc) is 3.01. The molecule has 8 heteroatoms. The number of hydrogen-bond acceptors (Lipinski definition) is 6. The van der Waals surface area contributed by atoms with E-state index in [2.05, 4.69) is 17.9 Å². The monoisotopic (exact) mass is 514 g/mol. The standard InChI is InChI=1S/C27H38N4O2S2/c1-4-6-7-8-13-17-31-26(33)23(35-27(31)34)18-21-20(3)22(19-28)25(32)30(14-5-2)24(21)29-15-11-9-10-12-16-29/h18H,4-17H2,1-3H3. The van der Waals surface area contributed by atoms with Gasteiger partial charge in [-0.25, -0.2) is 0 Å². The second-order valence-corrected chi connectivity index (χ2v) is 11.1. The van der Waals surface area contributed by atoms with E-state index in [1.807, 2.05) is 19.9 Å². The topological polar surface area (TPSA) is 69.3 Å². The number of hydrogen-bond donors (Lipinski definition) is 0. The molecular weight excluding hydrogens is 476 g/mol. The summed E-state index contributed by atoms with van der Waals surface area (Å²) in [5, 5.41) is 9.82. The van der Waals surface area contributed by atoms with Crippen LogP contribution in [0.4, 0.5) is 5.82 Å². The lowest BCUT2D eigenvalue weighted by Crippen LogP contribution is -2.35. The summed E-state index contributed by atoms with van der Waals surface area (Å²) < 4.78 is 2.35. The summed E-state index contributed by atoms with van der Waals surface area (Å²) in [6.45, 7) is 8.98. The summed E-state index contributed by atoms with van der Waals surface area (Å²) in [5.41, 5.74) is 1.38. The van der Waals surface area contributed by atoms with Crippen LogP contribution in [0.3, 0.4) is 0 Å². The van der Waals surface area contributed by atoms with Gasteiger partial charge in [0.2, 0.25) is 0 Å². The Morgan fingerprint density at radius 3 is 2.31 bits per heavy atom. The second kappa shape index (κ2) is 13.3. The number of carbonyl (C=O) groups is 1. The normalized spacial score (nSPS) is 17.8. The van der Waals surface area contributed by atoms with E-state index >= 15 is 0 Å². The van der Waals surface area contributed by atoms with Crippen LogP contribution in [0, 0.1) is 18.3 Å². The Morgan fingerprint density at radius 2 is 1.69 bits per heavy atom. The molecular formula is C27H38N4O2S2. The lowest BCUT2D eigenvalue weighted by Gasteiger charge is -2.29. The Balaban J connectivity index is 2.03. The summed E-state index contributed by atoms with van der Waals surface area (Å²) in [6.07, 6.45) is 12.8. The second-order valence-electron chi connectivity index (χ2n) is 9.45. The van der Waals surface area contributed by atoms with E-state index in [9.17, 15) is 14.9 Å². The molecule has 0 spiro atoms. The van der Waals surface area contributed by atoms with Gasteiger partial charge in [0.15, 0.2) is 0 Å². The molecule has 3 heterocycles. The molecule has 2 fully saturated rings. The molecule has 0 N–H and O–H groups in total. The molecule has 190 valence electrons. The number of pyridine rings is 1. The highest BCUT2D eigenvalue weighted by molar-refractivity contribution is 8.26. The number of aromatic nitrogens is 1. The molecule has 2 aliphatic rings. The molecule has 6 nitrogen and oxygen atoms in total. The lowest BCUT2D eigenvalue weighted by molar-refractivity contribution is -0.122. The highest BCUT2D eigenvalue weighted by Gasteiger charge is 2.33. The quantitative estimate of drug-likeness (QED) is 0.217. The Kier molecular flexibility index (Phi) is 10.4. The first-order valence-corrected chi connectivity index (χ1v) is 14.3. The van der Waals surface area contributed by atoms with Gasteiger partial charge in [0, 0.05) is 31.7 Å². The van der Waals surface area contributed by atoms with Crippen molar-refractivity contribution in [2.75, 3.05) is 24.5 Å². The number of thiocarbonyl (C=S) groups is 1. The van der Waals surface area contributed by atoms with Crippen LogP contribution in [-0.4, -0.2) is 39.3 Å². The van der Waals surface area contributed by atoms with Crippen molar-refractivity contribution in [2.24, 2.45) is 0 Å². The number of anilines is 1. The van der Waals surface area contributed by atoms with Gasteiger partial charge in [0.1, 0.15) is 21.8 Å². The van der Waals surface area contributed by atoms with Gasteiger partial charge >= 0.3 is 0 Å². The molecule has 1 aromatic heterocycles. The van der Waals surface area contributed by atoms with Crippen molar-refractivity contribution >= 4 is 46.1 Å². The van der Waals surface area contributed by atoms with Gasteiger partial charge in [-0.2, -0.15) is 5.26 Å². The van der Waals surface area contributed by atoms with E-state index in [1.54, 1.807) is 9.47 Å². The number of rotatable bonds is 10. The zero-order valence-corrected chi connectivity index (χ0v) is 23.0. The van der Waals surface area contributed by atoms with E-state index in [0.717, 1.165) is 56.6 Å². The molecule has 1 aromatic rings.